The summed E-state index contributed by atoms with van der Waals surface area (Å²) in [6.45, 7) is 0. The summed E-state index contributed by atoms with van der Waals surface area (Å²) in [5, 5.41) is 15.3. The smallest absolute Gasteiger partial charge is 0.446 e. The molecule has 0 unspecified atom stereocenters. The first-order valence-corrected chi connectivity index (χ1v) is 2.25. The van der Waals surface area contributed by atoms with E-state index in [1.165, 1.54) is 12.5 Å². The molecule has 0 saturated carbocycles. The maximum Gasteiger partial charge on any atom is 0.582 e. The van der Waals surface area contributed by atoms with Crippen molar-refractivity contribution in [3.05, 3.63) is 0 Å². The van der Waals surface area contributed by atoms with Crippen LogP contribution in [0.3, 0.4) is 0 Å². The average Bonchev–Trinajstić information content (AvgIpc) is 1.81. The van der Waals surface area contributed by atoms with Crippen molar-refractivity contribution in [3.63, 3.8) is 0 Å². The fourth-order valence-electron chi connectivity index (χ4n) is 0.0713. The minimum atomic E-state index is -0.567. The lowest BCUT2D eigenvalue weighted by atomic mass is 11.6. The SMILES string of the molecule is N#COO[Si]OC#N. The third-order valence-electron chi connectivity index (χ3n) is 0.200. The van der Waals surface area contributed by atoms with E-state index in [1.807, 2.05) is 0 Å². The van der Waals surface area contributed by atoms with Gasteiger partial charge in [0.25, 0.3) is 6.26 Å². The summed E-state index contributed by atoms with van der Waals surface area (Å²) in [5.74, 6) is 0. The zero-order chi connectivity index (χ0) is 6.24. The molecule has 5 nitrogen and oxygen atoms in total. The molecule has 0 rings (SSSR count). The van der Waals surface area contributed by atoms with Crippen LogP contribution in [0, 0.1) is 23.0 Å². The molecule has 0 amide bonds. The Kier molecular flexibility index (Phi) is 4.86. The van der Waals surface area contributed by atoms with E-state index in [0.717, 1.165) is 0 Å². The van der Waals surface area contributed by atoms with Gasteiger partial charge in [0.1, 0.15) is 0 Å². The summed E-state index contributed by atoms with van der Waals surface area (Å²) in [4.78, 5) is 3.68. The maximum absolute atomic E-state index is 7.68. The Bertz CT molecular complexity index is 108. The Morgan fingerprint density at radius 1 is 1.25 bits per heavy atom. The monoisotopic (exact) mass is 128 g/mol. The van der Waals surface area contributed by atoms with Crippen molar-refractivity contribution in [1.29, 1.82) is 10.5 Å². The molecular formula is C2N2O3Si. The number of nitrogens with zero attached hydrogens (tertiary/aromatic N) is 2. The van der Waals surface area contributed by atoms with Gasteiger partial charge in [-0.15, -0.1) is 5.26 Å². The first-order chi connectivity index (χ1) is 3.91. The van der Waals surface area contributed by atoms with Gasteiger partial charge in [-0.2, -0.15) is 9.84 Å². The lowest BCUT2D eigenvalue weighted by Gasteiger charge is -1.85. The molecule has 2 radical (unpaired) electrons. The second-order valence-corrected chi connectivity index (χ2v) is 1.07. The van der Waals surface area contributed by atoms with Crippen LogP contribution in [0.4, 0.5) is 0 Å². The minimum absolute atomic E-state index is 0.567. The quantitative estimate of drug-likeness (QED) is 0.167. The van der Waals surface area contributed by atoms with Crippen LogP contribution < -0.4 is 0 Å². The molecule has 0 aliphatic rings. The van der Waals surface area contributed by atoms with E-state index >= 15 is 0 Å². The highest BCUT2D eigenvalue weighted by Gasteiger charge is 1.91. The zero-order valence-corrected chi connectivity index (χ0v) is 4.62. The zero-order valence-electron chi connectivity index (χ0n) is 3.62. The van der Waals surface area contributed by atoms with Crippen molar-refractivity contribution in [2.75, 3.05) is 0 Å². The van der Waals surface area contributed by atoms with Gasteiger partial charge in [0.2, 0.25) is 0 Å². The van der Waals surface area contributed by atoms with Gasteiger partial charge in [-0.25, -0.2) is 0 Å². The molecule has 0 aromatic carbocycles. The molecule has 40 valence electrons. The molecule has 8 heavy (non-hydrogen) atoms. The van der Waals surface area contributed by atoms with Crippen LogP contribution in [-0.4, -0.2) is 10.0 Å². The Hall–Kier alpha value is -1.24. The van der Waals surface area contributed by atoms with Crippen molar-refractivity contribution in [2.45, 2.75) is 0 Å². The Labute approximate surface area is 48.0 Å². The van der Waals surface area contributed by atoms with E-state index in [4.69, 9.17) is 10.5 Å². The number of rotatable bonds is 3. The second kappa shape index (κ2) is 5.76. The topological polar surface area (TPSA) is 75.3 Å². The molecule has 0 fully saturated rings. The van der Waals surface area contributed by atoms with E-state index in [0.29, 0.717) is 0 Å². The van der Waals surface area contributed by atoms with Crippen molar-refractivity contribution in [1.82, 2.24) is 0 Å². The van der Waals surface area contributed by atoms with Gasteiger partial charge in [0.15, 0.2) is 0 Å². The summed E-state index contributed by atoms with van der Waals surface area (Å²) >= 11 is 0. The standard InChI is InChI=1S/C2N2O3Si/c3-1-5-7-8-6-2-4. The van der Waals surface area contributed by atoms with Gasteiger partial charge in [-0.05, 0) is 0 Å². The molecule has 0 saturated heterocycles. The van der Waals surface area contributed by atoms with E-state index in [9.17, 15) is 0 Å². The van der Waals surface area contributed by atoms with Crippen LogP contribution in [0.15, 0.2) is 0 Å². The summed E-state index contributed by atoms with van der Waals surface area (Å²) in [6.07, 6.45) is 2.55. The number of nitriles is 2. The van der Waals surface area contributed by atoms with Gasteiger partial charge >= 0.3 is 16.3 Å². The molecule has 0 bridgehead atoms. The van der Waals surface area contributed by atoms with Crippen LogP contribution >= 0.6 is 0 Å². The van der Waals surface area contributed by atoms with Gasteiger partial charge in [0, 0.05) is 0 Å². The Morgan fingerprint density at radius 2 is 2.00 bits per heavy atom. The van der Waals surface area contributed by atoms with Crippen LogP contribution in [0.25, 0.3) is 0 Å². The lowest BCUT2D eigenvalue weighted by Crippen LogP contribution is -1.97. The van der Waals surface area contributed by atoms with Gasteiger partial charge in [-0.1, -0.05) is 0 Å². The number of hydrogen-bond acceptors (Lipinski definition) is 5. The molecular weight excluding hydrogens is 128 g/mol. The number of hydrogen-bond donors (Lipinski definition) is 0. The molecule has 0 N–H and O–H groups in total. The average molecular weight is 128 g/mol. The van der Waals surface area contributed by atoms with E-state index in [1.54, 1.807) is 0 Å². The third kappa shape index (κ3) is 4.76. The lowest BCUT2D eigenvalue weighted by molar-refractivity contribution is -0.147. The van der Waals surface area contributed by atoms with Gasteiger partial charge < -0.3 is 4.43 Å². The second-order valence-electron chi connectivity index (χ2n) is 0.535. The van der Waals surface area contributed by atoms with Crippen molar-refractivity contribution >= 4 is 10.0 Å². The maximum atomic E-state index is 7.68. The molecule has 0 aliphatic carbocycles. The molecule has 0 aromatic heterocycles. The molecule has 0 spiro atoms. The fraction of sp³-hybridized carbons (Fsp3) is 0. The van der Waals surface area contributed by atoms with E-state index < -0.39 is 10.0 Å². The third-order valence-corrected chi connectivity index (χ3v) is 0.526. The molecule has 0 aliphatic heterocycles. The van der Waals surface area contributed by atoms with Crippen LogP contribution in [0.5, 0.6) is 0 Å². The van der Waals surface area contributed by atoms with Crippen molar-refractivity contribution < 1.29 is 13.9 Å². The summed E-state index contributed by atoms with van der Waals surface area (Å²) in [7, 11) is -0.567. The summed E-state index contributed by atoms with van der Waals surface area (Å²) in [6, 6.07) is 0. The largest absolute Gasteiger partial charge is 0.582 e. The first kappa shape index (κ1) is 6.76. The van der Waals surface area contributed by atoms with E-state index in [-0.39, 0.29) is 0 Å². The van der Waals surface area contributed by atoms with Crippen LogP contribution in [-0.2, 0) is 13.9 Å². The first-order valence-electron chi connectivity index (χ1n) is 1.43. The molecule has 0 aromatic rings. The molecule has 6 heteroatoms. The highest BCUT2D eigenvalue weighted by molar-refractivity contribution is 6.18. The van der Waals surface area contributed by atoms with Gasteiger partial charge in [0.05, 0.1) is 0 Å². The molecule has 0 heterocycles. The molecule has 0 atom stereocenters. The van der Waals surface area contributed by atoms with Crippen LogP contribution in [0.1, 0.15) is 0 Å². The highest BCUT2D eigenvalue weighted by atomic mass is 28.3. The minimum Gasteiger partial charge on any atom is -0.446 e. The summed E-state index contributed by atoms with van der Waals surface area (Å²) < 4.78 is 7.92. The Balaban J connectivity index is 2.77. The Morgan fingerprint density at radius 3 is 2.50 bits per heavy atom. The predicted molar refractivity (Wildman–Crippen MR) is 20.2 cm³/mol. The fourth-order valence-corrected chi connectivity index (χ4v) is 0.214. The van der Waals surface area contributed by atoms with Crippen LogP contribution in [0.2, 0.25) is 0 Å². The predicted octanol–water partition coefficient (Wildman–Crippen LogP) is -0.552. The van der Waals surface area contributed by atoms with Crippen molar-refractivity contribution in [2.24, 2.45) is 0 Å². The summed E-state index contributed by atoms with van der Waals surface area (Å²) in [5.41, 5.74) is 0. The highest BCUT2D eigenvalue weighted by Crippen LogP contribution is 1.70. The normalized spacial score (nSPS) is 6.25. The van der Waals surface area contributed by atoms with Gasteiger partial charge in [-0.3, -0.25) is 4.89 Å². The van der Waals surface area contributed by atoms with E-state index in [2.05, 4.69) is 13.9 Å². The van der Waals surface area contributed by atoms with Crippen molar-refractivity contribution in [3.8, 4) is 12.5 Å².